The van der Waals surface area contributed by atoms with Crippen LogP contribution in [-0.2, 0) is 27.1 Å². The molecule has 0 aliphatic carbocycles. The molecule has 2 saturated heterocycles. The molecule has 10 nitrogen and oxygen atoms in total. The van der Waals surface area contributed by atoms with Crippen LogP contribution in [0.4, 0.5) is 11.8 Å². The van der Waals surface area contributed by atoms with Crippen molar-refractivity contribution in [1.82, 2.24) is 15.0 Å². The van der Waals surface area contributed by atoms with Crippen molar-refractivity contribution in [2.75, 3.05) is 48.9 Å². The Hall–Kier alpha value is -2.37. The van der Waals surface area contributed by atoms with Crippen molar-refractivity contribution >= 4 is 28.9 Å². The van der Waals surface area contributed by atoms with E-state index in [1.54, 1.807) is 6.92 Å². The molecule has 2 aromatic rings. The van der Waals surface area contributed by atoms with Gasteiger partial charge < -0.3 is 23.7 Å². The predicted molar refractivity (Wildman–Crippen MR) is 114 cm³/mol. The van der Waals surface area contributed by atoms with Crippen LogP contribution >= 0.6 is 0 Å². The van der Waals surface area contributed by atoms with Crippen molar-refractivity contribution in [1.29, 1.82) is 0 Å². The lowest BCUT2D eigenvalue weighted by Gasteiger charge is -2.39. The molecule has 1 unspecified atom stereocenters. The molecule has 2 aromatic heterocycles. The highest BCUT2D eigenvalue weighted by atomic mass is 32.2. The van der Waals surface area contributed by atoms with Crippen LogP contribution in [0.3, 0.4) is 0 Å². The maximum atomic E-state index is 12.2. The third-order valence-electron chi connectivity index (χ3n) is 5.97. The SMILES string of the molecule is Cc1ncc(C(=O)OC2CN(c3nc4c(c(N(C)C5CCOCC5)n3)[S+](O)CC4)C2)o1. The fraction of sp³-hybridized carbons (Fsp3) is 0.600. The van der Waals surface area contributed by atoms with Crippen molar-refractivity contribution < 1.29 is 23.2 Å². The lowest BCUT2D eigenvalue weighted by molar-refractivity contribution is 0.0195. The molecule has 0 bridgehead atoms. The molecule has 0 aromatic carbocycles. The lowest BCUT2D eigenvalue weighted by Crippen LogP contribution is -2.54. The van der Waals surface area contributed by atoms with Crippen LogP contribution in [0.15, 0.2) is 15.5 Å². The highest BCUT2D eigenvalue weighted by Gasteiger charge is 2.42. The number of esters is 1. The van der Waals surface area contributed by atoms with Crippen LogP contribution in [0.5, 0.6) is 0 Å². The van der Waals surface area contributed by atoms with E-state index >= 15 is 0 Å². The lowest BCUT2D eigenvalue weighted by atomic mass is 10.1. The third-order valence-corrected chi connectivity index (χ3v) is 7.45. The predicted octanol–water partition coefficient (Wildman–Crippen LogP) is 1.44. The molecular formula is C20H26N5O5S+. The van der Waals surface area contributed by atoms with Crippen LogP contribution < -0.4 is 9.80 Å². The van der Waals surface area contributed by atoms with E-state index in [1.165, 1.54) is 6.20 Å². The van der Waals surface area contributed by atoms with E-state index < -0.39 is 17.1 Å². The molecule has 0 saturated carbocycles. The summed E-state index contributed by atoms with van der Waals surface area (Å²) in [6, 6.07) is 0.327. The molecule has 0 radical (unpaired) electrons. The second kappa shape index (κ2) is 8.29. The van der Waals surface area contributed by atoms with Gasteiger partial charge in [-0.2, -0.15) is 9.54 Å². The van der Waals surface area contributed by atoms with Gasteiger partial charge in [0, 0.05) is 39.6 Å². The van der Waals surface area contributed by atoms with Crippen molar-refractivity contribution in [3.8, 4) is 0 Å². The summed E-state index contributed by atoms with van der Waals surface area (Å²) < 4.78 is 26.8. The van der Waals surface area contributed by atoms with Gasteiger partial charge in [-0.15, -0.1) is 0 Å². The topological polar surface area (TPSA) is 114 Å². The third kappa shape index (κ3) is 3.97. The summed E-state index contributed by atoms with van der Waals surface area (Å²) in [6.07, 6.45) is 3.75. The molecule has 3 aliphatic heterocycles. The standard InChI is InChI=1S/C20H26N5O5S/c1-12-21-9-16(29-12)19(26)30-14-10-25(11-14)20-22-15-5-8-31(27)17(15)18(23-20)24(2)13-3-6-28-7-4-13/h9,13-14,27H,3-8,10-11H2,1-2H3/q+1. The van der Waals surface area contributed by atoms with E-state index in [9.17, 15) is 9.35 Å². The normalized spacial score (nSPS) is 21.6. The first kappa shape index (κ1) is 20.5. The van der Waals surface area contributed by atoms with Crippen LogP contribution in [0, 0.1) is 6.92 Å². The van der Waals surface area contributed by atoms with E-state index in [0.29, 0.717) is 36.7 Å². The first-order chi connectivity index (χ1) is 15.0. The van der Waals surface area contributed by atoms with E-state index in [4.69, 9.17) is 23.9 Å². The number of carbonyl (C=O) groups excluding carboxylic acids is 1. The van der Waals surface area contributed by atoms with Crippen molar-refractivity contribution in [3.05, 3.63) is 23.5 Å². The first-order valence-electron chi connectivity index (χ1n) is 10.5. The maximum absolute atomic E-state index is 12.2. The first-order valence-corrected chi connectivity index (χ1v) is 11.8. The maximum Gasteiger partial charge on any atom is 0.376 e. The van der Waals surface area contributed by atoms with Gasteiger partial charge in [0.05, 0.1) is 19.3 Å². The number of hydrogen-bond donors (Lipinski definition) is 1. The summed E-state index contributed by atoms with van der Waals surface area (Å²) in [4.78, 5) is 30.7. The number of hydrogen-bond acceptors (Lipinski definition) is 10. The highest BCUT2D eigenvalue weighted by molar-refractivity contribution is 7.92. The van der Waals surface area contributed by atoms with E-state index in [1.807, 2.05) is 11.9 Å². The Kier molecular flexibility index (Phi) is 5.49. The number of aromatic nitrogens is 3. The van der Waals surface area contributed by atoms with Crippen molar-refractivity contribution in [3.63, 3.8) is 0 Å². The molecule has 31 heavy (non-hydrogen) atoms. The number of carbonyl (C=O) groups is 1. The molecule has 2 fully saturated rings. The van der Waals surface area contributed by atoms with E-state index in [-0.39, 0.29) is 11.9 Å². The van der Waals surface area contributed by atoms with E-state index in [0.717, 1.165) is 48.9 Å². The molecule has 166 valence electrons. The number of ether oxygens (including phenoxy) is 2. The zero-order chi connectivity index (χ0) is 21.5. The fourth-order valence-corrected chi connectivity index (χ4v) is 5.56. The van der Waals surface area contributed by atoms with Gasteiger partial charge in [0.2, 0.25) is 11.7 Å². The largest absolute Gasteiger partial charge is 0.453 e. The second-order valence-corrected chi connectivity index (χ2v) is 9.62. The summed E-state index contributed by atoms with van der Waals surface area (Å²) >= 11 is -0.826. The van der Waals surface area contributed by atoms with E-state index in [2.05, 4.69) is 9.88 Å². The van der Waals surface area contributed by atoms with Gasteiger partial charge in [-0.05, 0) is 12.8 Å². The molecule has 0 spiro atoms. The van der Waals surface area contributed by atoms with Gasteiger partial charge >= 0.3 is 5.97 Å². The number of nitrogens with zero attached hydrogens (tertiary/aromatic N) is 5. The average Bonchev–Trinajstić information content (AvgIpc) is 3.35. The van der Waals surface area contributed by atoms with Gasteiger partial charge in [-0.1, -0.05) is 0 Å². The summed E-state index contributed by atoms with van der Waals surface area (Å²) in [6.45, 7) is 4.19. The van der Waals surface area contributed by atoms with Crippen molar-refractivity contribution in [2.24, 2.45) is 0 Å². The minimum atomic E-state index is -0.826. The summed E-state index contributed by atoms with van der Waals surface area (Å²) in [5.74, 6) is 2.16. The second-order valence-electron chi connectivity index (χ2n) is 8.07. The van der Waals surface area contributed by atoms with Crippen LogP contribution in [-0.4, -0.2) is 76.7 Å². The van der Waals surface area contributed by atoms with Gasteiger partial charge in [0.25, 0.3) is 4.90 Å². The fourth-order valence-electron chi connectivity index (χ4n) is 4.14. The molecule has 0 amide bonds. The Morgan fingerprint density at radius 3 is 2.81 bits per heavy atom. The zero-order valence-electron chi connectivity index (χ0n) is 17.6. The van der Waals surface area contributed by atoms with Gasteiger partial charge in [-0.3, -0.25) is 0 Å². The van der Waals surface area contributed by atoms with Crippen LogP contribution in [0.1, 0.15) is 35.0 Å². The minimum Gasteiger partial charge on any atom is -0.453 e. The Balaban J connectivity index is 1.31. The van der Waals surface area contributed by atoms with Crippen LogP contribution in [0.25, 0.3) is 0 Å². The minimum absolute atomic E-state index is 0.111. The van der Waals surface area contributed by atoms with Crippen molar-refractivity contribution in [2.45, 2.75) is 43.2 Å². The zero-order valence-corrected chi connectivity index (χ0v) is 18.4. The molecular weight excluding hydrogens is 422 g/mol. The molecule has 5 heterocycles. The van der Waals surface area contributed by atoms with Gasteiger partial charge in [-0.25, -0.2) is 14.8 Å². The Labute approximate surface area is 183 Å². The number of anilines is 2. The summed E-state index contributed by atoms with van der Waals surface area (Å²) in [5, 5.41) is 0. The quantitative estimate of drug-likeness (QED) is 0.532. The Morgan fingerprint density at radius 2 is 2.10 bits per heavy atom. The number of oxazole rings is 1. The molecule has 1 atom stereocenters. The highest BCUT2D eigenvalue weighted by Crippen LogP contribution is 2.36. The Bertz CT molecular complexity index is 973. The van der Waals surface area contributed by atoms with Crippen LogP contribution in [0.2, 0.25) is 0 Å². The molecule has 11 heteroatoms. The van der Waals surface area contributed by atoms with Gasteiger partial charge in [0.15, 0.2) is 28.6 Å². The number of rotatable bonds is 5. The number of aryl methyl sites for hydroxylation is 2. The monoisotopic (exact) mass is 448 g/mol. The average molecular weight is 449 g/mol. The Morgan fingerprint density at radius 1 is 1.32 bits per heavy atom. The van der Waals surface area contributed by atoms with Gasteiger partial charge in [0.1, 0.15) is 11.8 Å². The molecule has 1 N–H and O–H groups in total. The summed E-state index contributed by atoms with van der Waals surface area (Å²) in [7, 11) is 2.04. The molecule has 5 rings (SSSR count). The number of fused-ring (bicyclic) bond motifs is 1. The molecule has 3 aliphatic rings. The summed E-state index contributed by atoms with van der Waals surface area (Å²) in [5.41, 5.74) is 0.919. The smallest absolute Gasteiger partial charge is 0.376 e.